The summed E-state index contributed by atoms with van der Waals surface area (Å²) in [7, 11) is 0. The zero-order chi connectivity index (χ0) is 10.6. The first-order chi connectivity index (χ1) is 6.65. The third kappa shape index (κ3) is 3.23. The molecule has 2 unspecified atom stereocenters. The fourth-order valence-corrected chi connectivity index (χ4v) is 2.39. The molecule has 0 amide bonds. The highest BCUT2D eigenvalue weighted by Crippen LogP contribution is 2.23. The number of aliphatic hydroxyl groups excluding tert-OH is 1. The molecule has 1 aliphatic heterocycles. The van der Waals surface area contributed by atoms with E-state index in [1.54, 1.807) is 0 Å². The zero-order valence-electron chi connectivity index (χ0n) is 9.45. The normalized spacial score (nSPS) is 25.9. The summed E-state index contributed by atoms with van der Waals surface area (Å²) in [6.07, 6.45) is 3.33. The molecule has 3 nitrogen and oxygen atoms in total. The van der Waals surface area contributed by atoms with E-state index >= 15 is 0 Å². The monoisotopic (exact) mass is 200 g/mol. The second-order valence-corrected chi connectivity index (χ2v) is 4.72. The SMILES string of the molecule is CC(C)C1CCCN1CC(N)CCO. The van der Waals surface area contributed by atoms with Crippen LogP contribution in [0.5, 0.6) is 0 Å². The summed E-state index contributed by atoms with van der Waals surface area (Å²) in [5.41, 5.74) is 5.92. The summed E-state index contributed by atoms with van der Waals surface area (Å²) in [6, 6.07) is 0.846. The first-order valence-electron chi connectivity index (χ1n) is 5.75. The molecule has 0 radical (unpaired) electrons. The molecule has 1 rings (SSSR count). The molecule has 1 fully saturated rings. The van der Waals surface area contributed by atoms with Crippen molar-refractivity contribution >= 4 is 0 Å². The van der Waals surface area contributed by atoms with Gasteiger partial charge in [-0.25, -0.2) is 0 Å². The highest BCUT2D eigenvalue weighted by molar-refractivity contribution is 4.83. The quantitative estimate of drug-likeness (QED) is 0.690. The molecule has 0 spiro atoms. The molecule has 1 heterocycles. The van der Waals surface area contributed by atoms with Crippen LogP contribution >= 0.6 is 0 Å². The topological polar surface area (TPSA) is 49.5 Å². The van der Waals surface area contributed by atoms with Gasteiger partial charge < -0.3 is 10.8 Å². The molecule has 0 aromatic heterocycles. The predicted octanol–water partition coefficient (Wildman–Crippen LogP) is 0.817. The molecule has 14 heavy (non-hydrogen) atoms. The molecule has 0 saturated carbocycles. The third-order valence-corrected chi connectivity index (χ3v) is 3.15. The van der Waals surface area contributed by atoms with Crippen molar-refractivity contribution in [3.05, 3.63) is 0 Å². The maximum atomic E-state index is 8.79. The van der Waals surface area contributed by atoms with Gasteiger partial charge in [-0.1, -0.05) is 13.8 Å². The van der Waals surface area contributed by atoms with Gasteiger partial charge in [0.05, 0.1) is 0 Å². The Hall–Kier alpha value is -0.120. The van der Waals surface area contributed by atoms with Crippen LogP contribution in [0.2, 0.25) is 0 Å². The molecule has 0 aliphatic carbocycles. The van der Waals surface area contributed by atoms with Crippen molar-refractivity contribution in [2.75, 3.05) is 19.7 Å². The fourth-order valence-electron chi connectivity index (χ4n) is 2.39. The highest BCUT2D eigenvalue weighted by atomic mass is 16.3. The highest BCUT2D eigenvalue weighted by Gasteiger charge is 2.27. The molecular formula is C11H24N2O. The van der Waals surface area contributed by atoms with Crippen molar-refractivity contribution in [3.63, 3.8) is 0 Å². The predicted molar refractivity (Wildman–Crippen MR) is 59.1 cm³/mol. The van der Waals surface area contributed by atoms with Crippen LogP contribution in [0.3, 0.4) is 0 Å². The van der Waals surface area contributed by atoms with Gasteiger partial charge in [0.2, 0.25) is 0 Å². The number of nitrogens with two attached hydrogens (primary N) is 1. The molecule has 0 aromatic rings. The number of hydrogen-bond acceptors (Lipinski definition) is 3. The zero-order valence-corrected chi connectivity index (χ0v) is 9.45. The minimum Gasteiger partial charge on any atom is -0.396 e. The number of aliphatic hydroxyl groups is 1. The minimum absolute atomic E-state index is 0.138. The van der Waals surface area contributed by atoms with Crippen molar-refractivity contribution in [2.45, 2.75) is 45.2 Å². The van der Waals surface area contributed by atoms with Gasteiger partial charge in [-0.05, 0) is 31.7 Å². The van der Waals surface area contributed by atoms with E-state index in [0.29, 0.717) is 6.04 Å². The smallest absolute Gasteiger partial charge is 0.0446 e. The summed E-state index contributed by atoms with van der Waals surface area (Å²) >= 11 is 0. The van der Waals surface area contributed by atoms with Crippen LogP contribution in [-0.2, 0) is 0 Å². The van der Waals surface area contributed by atoms with Crippen molar-refractivity contribution in [1.82, 2.24) is 4.90 Å². The van der Waals surface area contributed by atoms with E-state index in [1.165, 1.54) is 19.4 Å². The van der Waals surface area contributed by atoms with Crippen LogP contribution in [0.15, 0.2) is 0 Å². The first-order valence-corrected chi connectivity index (χ1v) is 5.75. The Balaban J connectivity index is 2.35. The second kappa shape index (κ2) is 5.69. The van der Waals surface area contributed by atoms with Gasteiger partial charge in [0.15, 0.2) is 0 Å². The van der Waals surface area contributed by atoms with Crippen LogP contribution in [0.4, 0.5) is 0 Å². The fraction of sp³-hybridized carbons (Fsp3) is 1.00. The van der Waals surface area contributed by atoms with Gasteiger partial charge in [-0.3, -0.25) is 4.90 Å². The Labute approximate surface area is 87.3 Å². The van der Waals surface area contributed by atoms with Crippen LogP contribution in [-0.4, -0.2) is 41.8 Å². The van der Waals surface area contributed by atoms with E-state index in [2.05, 4.69) is 18.7 Å². The van der Waals surface area contributed by atoms with Gasteiger partial charge in [-0.2, -0.15) is 0 Å². The Morgan fingerprint density at radius 2 is 2.21 bits per heavy atom. The number of likely N-dealkylation sites (tertiary alicyclic amines) is 1. The lowest BCUT2D eigenvalue weighted by Gasteiger charge is -2.29. The lowest BCUT2D eigenvalue weighted by molar-refractivity contribution is 0.182. The van der Waals surface area contributed by atoms with Gasteiger partial charge in [-0.15, -0.1) is 0 Å². The summed E-state index contributed by atoms with van der Waals surface area (Å²) in [4.78, 5) is 2.49. The van der Waals surface area contributed by atoms with E-state index in [1.807, 2.05) is 0 Å². The molecular weight excluding hydrogens is 176 g/mol. The molecule has 84 valence electrons. The first kappa shape index (κ1) is 12.0. The molecule has 3 heteroatoms. The van der Waals surface area contributed by atoms with E-state index < -0.39 is 0 Å². The lowest BCUT2D eigenvalue weighted by atomic mass is 10.0. The van der Waals surface area contributed by atoms with Gasteiger partial charge in [0.25, 0.3) is 0 Å². The summed E-state index contributed by atoms with van der Waals surface area (Å²) < 4.78 is 0. The number of rotatable bonds is 5. The summed E-state index contributed by atoms with van der Waals surface area (Å²) in [5.74, 6) is 0.721. The number of hydrogen-bond donors (Lipinski definition) is 2. The standard InChI is InChI=1S/C11H24N2O/c1-9(2)11-4-3-6-13(11)8-10(12)5-7-14/h9-11,14H,3-8,12H2,1-2H3. The Bertz CT molecular complexity index is 161. The lowest BCUT2D eigenvalue weighted by Crippen LogP contribution is -2.42. The molecule has 1 aliphatic rings. The van der Waals surface area contributed by atoms with Crippen LogP contribution in [0, 0.1) is 5.92 Å². The molecule has 0 bridgehead atoms. The molecule has 3 N–H and O–H groups in total. The summed E-state index contributed by atoms with van der Waals surface area (Å²) in [5, 5.41) is 8.79. The van der Waals surface area contributed by atoms with Crippen molar-refractivity contribution in [1.29, 1.82) is 0 Å². The van der Waals surface area contributed by atoms with E-state index in [4.69, 9.17) is 10.8 Å². The Kier molecular flexibility index (Phi) is 4.85. The average molecular weight is 200 g/mol. The van der Waals surface area contributed by atoms with Crippen LogP contribution in [0.25, 0.3) is 0 Å². The van der Waals surface area contributed by atoms with Gasteiger partial charge in [0.1, 0.15) is 0 Å². The molecule has 2 atom stereocenters. The van der Waals surface area contributed by atoms with E-state index in [9.17, 15) is 0 Å². The van der Waals surface area contributed by atoms with Crippen LogP contribution < -0.4 is 5.73 Å². The maximum Gasteiger partial charge on any atom is 0.0446 e. The molecule has 1 saturated heterocycles. The van der Waals surface area contributed by atoms with Crippen molar-refractivity contribution < 1.29 is 5.11 Å². The minimum atomic E-state index is 0.138. The van der Waals surface area contributed by atoms with E-state index in [-0.39, 0.29) is 12.6 Å². The van der Waals surface area contributed by atoms with Crippen molar-refractivity contribution in [3.8, 4) is 0 Å². The largest absolute Gasteiger partial charge is 0.396 e. The third-order valence-electron chi connectivity index (χ3n) is 3.15. The number of nitrogens with zero attached hydrogens (tertiary/aromatic N) is 1. The molecule has 0 aromatic carbocycles. The summed E-state index contributed by atoms with van der Waals surface area (Å²) in [6.45, 7) is 6.90. The van der Waals surface area contributed by atoms with Crippen molar-refractivity contribution in [2.24, 2.45) is 11.7 Å². The second-order valence-electron chi connectivity index (χ2n) is 4.72. The average Bonchev–Trinajstić information content (AvgIpc) is 2.52. The Morgan fingerprint density at radius 1 is 1.50 bits per heavy atom. The van der Waals surface area contributed by atoms with E-state index in [0.717, 1.165) is 18.9 Å². The van der Waals surface area contributed by atoms with Crippen LogP contribution in [0.1, 0.15) is 33.1 Å². The Morgan fingerprint density at radius 3 is 2.79 bits per heavy atom. The van der Waals surface area contributed by atoms with Gasteiger partial charge in [0, 0.05) is 25.2 Å². The van der Waals surface area contributed by atoms with Gasteiger partial charge >= 0.3 is 0 Å². The maximum absolute atomic E-state index is 8.79.